The van der Waals surface area contributed by atoms with E-state index in [9.17, 15) is 14.0 Å². The highest BCUT2D eigenvalue weighted by Crippen LogP contribution is 2.27. The summed E-state index contributed by atoms with van der Waals surface area (Å²) in [7, 11) is 1.51. The Morgan fingerprint density at radius 3 is 2.19 bits per heavy atom. The summed E-state index contributed by atoms with van der Waals surface area (Å²) in [5.41, 5.74) is 1.39. The summed E-state index contributed by atoms with van der Waals surface area (Å²) < 4.78 is 23.7. The zero-order chi connectivity index (χ0) is 22.4. The molecule has 0 heterocycles. The Kier molecular flexibility index (Phi) is 7.10. The molecule has 1 unspecified atom stereocenters. The van der Waals surface area contributed by atoms with E-state index >= 15 is 0 Å². The van der Waals surface area contributed by atoms with Crippen molar-refractivity contribution in [2.45, 2.75) is 13.0 Å². The minimum absolute atomic E-state index is 0.347. The lowest BCUT2D eigenvalue weighted by Crippen LogP contribution is -2.30. The zero-order valence-corrected chi connectivity index (χ0v) is 17.6. The number of anilines is 2. The molecule has 0 spiro atoms. The van der Waals surface area contributed by atoms with E-state index in [1.165, 1.54) is 31.4 Å². The number of rotatable bonds is 7. The van der Waals surface area contributed by atoms with Crippen LogP contribution in [0.5, 0.6) is 11.5 Å². The second-order valence-electron chi connectivity index (χ2n) is 6.58. The molecular weight excluding hydrogens is 423 g/mol. The summed E-state index contributed by atoms with van der Waals surface area (Å²) in [5.74, 6) is -0.159. The number of carbonyl (C=O) groups excluding carboxylic acids is 2. The van der Waals surface area contributed by atoms with Crippen LogP contribution in [0.4, 0.5) is 15.8 Å². The van der Waals surface area contributed by atoms with Gasteiger partial charge in [0.25, 0.3) is 11.8 Å². The van der Waals surface area contributed by atoms with Crippen LogP contribution in [0.2, 0.25) is 5.02 Å². The molecule has 3 aromatic carbocycles. The standard InChI is InChI=1S/C23H20ClFN2O4/c1-14(22(28)27-18-9-12-21(30-2)20(24)13-18)31-19-10-3-15(4-11-19)23(29)26-17-7-5-16(25)6-8-17/h3-14H,1-2H3,(H,26,29)(H,27,28). The SMILES string of the molecule is COc1ccc(NC(=O)C(C)Oc2ccc(C(=O)Nc3ccc(F)cc3)cc2)cc1Cl. The Labute approximate surface area is 183 Å². The molecule has 0 saturated heterocycles. The van der Waals surface area contributed by atoms with Crippen LogP contribution in [0.25, 0.3) is 0 Å². The lowest BCUT2D eigenvalue weighted by molar-refractivity contribution is -0.122. The summed E-state index contributed by atoms with van der Waals surface area (Å²) >= 11 is 6.06. The van der Waals surface area contributed by atoms with E-state index in [1.807, 2.05) is 0 Å². The van der Waals surface area contributed by atoms with Crippen molar-refractivity contribution in [1.29, 1.82) is 0 Å². The first-order valence-electron chi connectivity index (χ1n) is 9.34. The van der Waals surface area contributed by atoms with Gasteiger partial charge in [-0.05, 0) is 73.7 Å². The minimum Gasteiger partial charge on any atom is -0.495 e. The van der Waals surface area contributed by atoms with Gasteiger partial charge in [-0.2, -0.15) is 0 Å². The van der Waals surface area contributed by atoms with E-state index in [-0.39, 0.29) is 17.6 Å². The number of halogens is 2. The molecule has 0 saturated carbocycles. The molecule has 0 bridgehead atoms. The molecule has 2 amide bonds. The maximum Gasteiger partial charge on any atom is 0.265 e. The van der Waals surface area contributed by atoms with Crippen molar-refractivity contribution < 1.29 is 23.5 Å². The number of amides is 2. The van der Waals surface area contributed by atoms with Gasteiger partial charge < -0.3 is 20.1 Å². The van der Waals surface area contributed by atoms with Gasteiger partial charge in [0.2, 0.25) is 0 Å². The predicted molar refractivity (Wildman–Crippen MR) is 118 cm³/mol. The Bertz CT molecular complexity index is 1070. The van der Waals surface area contributed by atoms with Crippen LogP contribution >= 0.6 is 11.6 Å². The third kappa shape index (κ3) is 5.96. The highest BCUT2D eigenvalue weighted by Gasteiger charge is 2.16. The van der Waals surface area contributed by atoms with Crippen LogP contribution in [0.3, 0.4) is 0 Å². The van der Waals surface area contributed by atoms with Crippen molar-refractivity contribution >= 4 is 34.8 Å². The zero-order valence-electron chi connectivity index (χ0n) is 16.8. The highest BCUT2D eigenvalue weighted by atomic mass is 35.5. The van der Waals surface area contributed by atoms with Crippen molar-refractivity contribution in [3.05, 3.63) is 83.1 Å². The van der Waals surface area contributed by atoms with Gasteiger partial charge in [-0.15, -0.1) is 0 Å². The van der Waals surface area contributed by atoms with Gasteiger partial charge in [-0.1, -0.05) is 11.6 Å². The summed E-state index contributed by atoms with van der Waals surface area (Å²) in [6.45, 7) is 1.61. The van der Waals surface area contributed by atoms with Gasteiger partial charge in [-0.3, -0.25) is 9.59 Å². The summed E-state index contributed by atoms with van der Waals surface area (Å²) in [5, 5.41) is 5.77. The van der Waals surface area contributed by atoms with Crippen LogP contribution in [-0.2, 0) is 4.79 Å². The van der Waals surface area contributed by atoms with Gasteiger partial charge in [0.1, 0.15) is 17.3 Å². The Morgan fingerprint density at radius 2 is 1.58 bits per heavy atom. The molecule has 0 radical (unpaired) electrons. The molecule has 0 aliphatic heterocycles. The molecule has 3 aromatic rings. The van der Waals surface area contributed by atoms with E-state index in [4.69, 9.17) is 21.1 Å². The van der Waals surface area contributed by atoms with E-state index in [1.54, 1.807) is 49.4 Å². The Morgan fingerprint density at radius 1 is 0.935 bits per heavy atom. The van der Waals surface area contributed by atoms with Crippen molar-refractivity contribution in [2.75, 3.05) is 17.7 Å². The van der Waals surface area contributed by atoms with Crippen LogP contribution in [0.15, 0.2) is 66.7 Å². The second-order valence-corrected chi connectivity index (χ2v) is 6.99. The van der Waals surface area contributed by atoms with Crippen LogP contribution in [0.1, 0.15) is 17.3 Å². The lowest BCUT2D eigenvalue weighted by atomic mass is 10.2. The largest absolute Gasteiger partial charge is 0.495 e. The molecule has 8 heteroatoms. The van der Waals surface area contributed by atoms with Gasteiger partial charge in [0.05, 0.1) is 12.1 Å². The molecule has 0 fully saturated rings. The Hall–Kier alpha value is -3.58. The highest BCUT2D eigenvalue weighted by molar-refractivity contribution is 6.32. The molecule has 0 aliphatic rings. The number of hydrogen-bond acceptors (Lipinski definition) is 4. The summed E-state index contributed by atoms with van der Waals surface area (Å²) in [6, 6.07) is 16.7. The van der Waals surface area contributed by atoms with Crippen LogP contribution in [0, 0.1) is 5.82 Å². The predicted octanol–water partition coefficient (Wildman–Crippen LogP) is 5.15. The maximum atomic E-state index is 13.0. The number of ether oxygens (including phenoxy) is 2. The quantitative estimate of drug-likeness (QED) is 0.530. The summed E-state index contributed by atoms with van der Waals surface area (Å²) in [4.78, 5) is 24.7. The molecule has 0 aliphatic carbocycles. The van der Waals surface area contributed by atoms with Crippen molar-refractivity contribution in [3.8, 4) is 11.5 Å². The van der Waals surface area contributed by atoms with Crippen molar-refractivity contribution in [1.82, 2.24) is 0 Å². The normalized spacial score (nSPS) is 11.4. The average molecular weight is 443 g/mol. The third-order valence-electron chi connectivity index (χ3n) is 4.32. The fourth-order valence-corrected chi connectivity index (χ4v) is 2.92. The monoisotopic (exact) mass is 442 g/mol. The molecule has 2 N–H and O–H groups in total. The first-order chi connectivity index (χ1) is 14.9. The van der Waals surface area contributed by atoms with Gasteiger partial charge in [0, 0.05) is 16.9 Å². The smallest absolute Gasteiger partial charge is 0.265 e. The maximum absolute atomic E-state index is 13.0. The lowest BCUT2D eigenvalue weighted by Gasteiger charge is -2.15. The number of nitrogens with one attached hydrogen (secondary N) is 2. The minimum atomic E-state index is -0.792. The second kappa shape index (κ2) is 9.95. The fraction of sp³-hybridized carbons (Fsp3) is 0.130. The number of hydrogen-bond donors (Lipinski definition) is 2. The fourth-order valence-electron chi connectivity index (χ4n) is 2.67. The molecule has 3 rings (SSSR count). The molecule has 6 nitrogen and oxygen atoms in total. The van der Waals surface area contributed by atoms with E-state index < -0.39 is 6.10 Å². The first-order valence-corrected chi connectivity index (χ1v) is 9.71. The molecular formula is C23H20ClFN2O4. The van der Waals surface area contributed by atoms with Crippen LogP contribution < -0.4 is 20.1 Å². The third-order valence-corrected chi connectivity index (χ3v) is 4.62. The molecule has 160 valence electrons. The number of methoxy groups -OCH3 is 1. The average Bonchev–Trinajstić information content (AvgIpc) is 2.76. The van der Waals surface area contributed by atoms with Crippen molar-refractivity contribution in [2.24, 2.45) is 0 Å². The van der Waals surface area contributed by atoms with E-state index in [2.05, 4.69) is 10.6 Å². The van der Waals surface area contributed by atoms with Gasteiger partial charge in [0.15, 0.2) is 6.10 Å². The first kappa shape index (κ1) is 22.1. The van der Waals surface area contributed by atoms with Gasteiger partial charge >= 0.3 is 0 Å². The topological polar surface area (TPSA) is 76.7 Å². The van der Waals surface area contributed by atoms with Gasteiger partial charge in [-0.25, -0.2) is 4.39 Å². The molecule has 1 atom stereocenters. The number of benzene rings is 3. The van der Waals surface area contributed by atoms with Crippen molar-refractivity contribution in [3.63, 3.8) is 0 Å². The molecule has 0 aromatic heterocycles. The Balaban J connectivity index is 1.57. The molecule has 31 heavy (non-hydrogen) atoms. The van der Waals surface area contributed by atoms with Crippen LogP contribution in [-0.4, -0.2) is 25.0 Å². The summed E-state index contributed by atoms with van der Waals surface area (Å²) in [6.07, 6.45) is -0.792. The van der Waals surface area contributed by atoms with E-state index in [0.717, 1.165) is 0 Å². The van der Waals surface area contributed by atoms with E-state index in [0.29, 0.717) is 33.5 Å². The number of carbonyl (C=O) groups is 2.